The third-order valence-electron chi connectivity index (χ3n) is 3.77. The number of phenolic OH excluding ortho intramolecular Hbond substituents is 1. The van der Waals surface area contributed by atoms with E-state index in [2.05, 4.69) is 15.9 Å². The second kappa shape index (κ2) is 4.18. The molecule has 1 saturated carbocycles. The lowest BCUT2D eigenvalue weighted by atomic mass is 9.85. The van der Waals surface area contributed by atoms with Gasteiger partial charge in [0.05, 0.1) is 11.6 Å². The van der Waals surface area contributed by atoms with Crippen LogP contribution in [0.4, 0.5) is 0 Å². The molecule has 0 spiro atoms. The Kier molecular flexibility index (Phi) is 3.12. The van der Waals surface area contributed by atoms with Crippen molar-refractivity contribution < 1.29 is 9.84 Å². The van der Waals surface area contributed by atoms with Crippen LogP contribution in [-0.4, -0.2) is 18.3 Å². The zero-order chi connectivity index (χ0) is 12.8. The maximum atomic E-state index is 10.4. The van der Waals surface area contributed by atoms with Crippen molar-refractivity contribution in [2.24, 2.45) is 5.73 Å². The Morgan fingerprint density at radius 1 is 1.53 bits per heavy atom. The minimum Gasteiger partial charge on any atom is -0.504 e. The highest BCUT2D eigenvalue weighted by molar-refractivity contribution is 9.10. The lowest BCUT2D eigenvalue weighted by Crippen LogP contribution is -2.32. The zero-order valence-electron chi connectivity index (χ0n) is 10.4. The lowest BCUT2D eigenvalue weighted by molar-refractivity contribution is 0.362. The zero-order valence-corrected chi connectivity index (χ0v) is 12.0. The Labute approximate surface area is 110 Å². The Bertz CT molecular complexity index is 453. The average Bonchev–Trinajstić information content (AvgIpc) is 2.98. The van der Waals surface area contributed by atoms with Crippen molar-refractivity contribution in [1.82, 2.24) is 0 Å². The van der Waals surface area contributed by atoms with Crippen molar-refractivity contribution in [3.63, 3.8) is 0 Å². The topological polar surface area (TPSA) is 55.5 Å². The summed E-state index contributed by atoms with van der Waals surface area (Å²) in [5.74, 6) is 0.728. The summed E-state index contributed by atoms with van der Waals surface area (Å²) in [6, 6.07) is 2.02. The molecule has 1 fully saturated rings. The molecule has 2 rings (SSSR count). The van der Waals surface area contributed by atoms with Gasteiger partial charge >= 0.3 is 0 Å². The first kappa shape index (κ1) is 12.7. The molecule has 1 aromatic carbocycles. The molecule has 0 bridgehead atoms. The predicted molar refractivity (Wildman–Crippen MR) is 71.7 cm³/mol. The molecule has 1 unspecified atom stereocenters. The van der Waals surface area contributed by atoms with Crippen LogP contribution >= 0.6 is 15.9 Å². The number of benzene rings is 1. The summed E-state index contributed by atoms with van der Waals surface area (Å²) in [6.07, 6.45) is 2.06. The molecule has 1 aromatic rings. The average molecular weight is 300 g/mol. The van der Waals surface area contributed by atoms with Gasteiger partial charge in [-0.2, -0.15) is 0 Å². The summed E-state index contributed by atoms with van der Waals surface area (Å²) in [5.41, 5.74) is 8.01. The molecular weight excluding hydrogens is 282 g/mol. The fourth-order valence-electron chi connectivity index (χ4n) is 2.63. The summed E-state index contributed by atoms with van der Waals surface area (Å²) < 4.78 is 6.01. The van der Waals surface area contributed by atoms with Gasteiger partial charge in [0.1, 0.15) is 0 Å². The second-order valence-corrected chi connectivity index (χ2v) is 5.73. The van der Waals surface area contributed by atoms with Crippen molar-refractivity contribution >= 4 is 15.9 Å². The molecule has 4 heteroatoms. The Balaban J connectivity index is 2.62. The van der Waals surface area contributed by atoms with Crippen molar-refractivity contribution in [1.29, 1.82) is 0 Å². The van der Waals surface area contributed by atoms with Gasteiger partial charge in [-0.15, -0.1) is 0 Å². The number of ether oxygens (including phenoxy) is 1. The van der Waals surface area contributed by atoms with Gasteiger partial charge in [-0.1, -0.05) is 0 Å². The molecule has 1 aliphatic rings. The molecule has 0 aliphatic heterocycles. The minimum atomic E-state index is -0.0673. The van der Waals surface area contributed by atoms with E-state index in [1.807, 2.05) is 19.9 Å². The fourth-order valence-corrected chi connectivity index (χ4v) is 3.32. The lowest BCUT2D eigenvalue weighted by Gasteiger charge is -2.24. The molecule has 94 valence electrons. The third kappa shape index (κ3) is 1.83. The highest BCUT2D eigenvalue weighted by Crippen LogP contribution is 2.56. The monoisotopic (exact) mass is 299 g/mol. The molecule has 0 aromatic heterocycles. The van der Waals surface area contributed by atoms with Crippen LogP contribution in [0, 0.1) is 6.92 Å². The largest absolute Gasteiger partial charge is 0.504 e. The van der Waals surface area contributed by atoms with Crippen LogP contribution in [0.25, 0.3) is 0 Å². The van der Waals surface area contributed by atoms with Gasteiger partial charge in [-0.25, -0.2) is 0 Å². The Morgan fingerprint density at radius 3 is 2.53 bits per heavy atom. The number of nitrogens with two attached hydrogens (primary N) is 1. The van der Waals surface area contributed by atoms with Gasteiger partial charge in [0.2, 0.25) is 0 Å². The maximum absolute atomic E-state index is 10.4. The quantitative estimate of drug-likeness (QED) is 0.902. The molecule has 3 N–H and O–H groups in total. The van der Waals surface area contributed by atoms with Crippen LogP contribution in [0.1, 0.15) is 30.9 Å². The van der Waals surface area contributed by atoms with Gasteiger partial charge in [0, 0.05) is 17.0 Å². The number of hydrogen-bond donors (Lipinski definition) is 2. The van der Waals surface area contributed by atoms with E-state index in [0.29, 0.717) is 5.75 Å². The van der Waals surface area contributed by atoms with Crippen molar-refractivity contribution in [2.75, 3.05) is 7.11 Å². The molecule has 1 atom stereocenters. The van der Waals surface area contributed by atoms with E-state index in [1.165, 1.54) is 0 Å². The molecule has 17 heavy (non-hydrogen) atoms. The van der Waals surface area contributed by atoms with Crippen LogP contribution in [0.15, 0.2) is 10.5 Å². The van der Waals surface area contributed by atoms with Crippen molar-refractivity contribution in [3.8, 4) is 11.5 Å². The molecule has 0 radical (unpaired) electrons. The number of phenols is 1. The number of aromatic hydroxyl groups is 1. The highest BCUT2D eigenvalue weighted by Gasteiger charge is 2.50. The predicted octanol–water partition coefficient (Wildman–Crippen LogP) is 2.85. The third-order valence-corrected chi connectivity index (χ3v) is 4.36. The van der Waals surface area contributed by atoms with Gasteiger partial charge in [0.15, 0.2) is 11.5 Å². The van der Waals surface area contributed by atoms with Crippen LogP contribution in [0.5, 0.6) is 11.5 Å². The van der Waals surface area contributed by atoms with E-state index in [-0.39, 0.29) is 17.2 Å². The first-order chi connectivity index (χ1) is 7.94. The summed E-state index contributed by atoms with van der Waals surface area (Å²) >= 11 is 3.40. The van der Waals surface area contributed by atoms with E-state index in [0.717, 1.165) is 28.4 Å². The molecule has 0 amide bonds. The summed E-state index contributed by atoms with van der Waals surface area (Å²) in [7, 11) is 1.56. The standard InChI is InChI=1S/C13H18BrNO2/c1-7-6-9(14)12(17-3)11(16)10(7)13(4-5-13)8(2)15/h6,8,16H,4-5,15H2,1-3H3. The normalized spacial score (nSPS) is 18.9. The fraction of sp³-hybridized carbons (Fsp3) is 0.538. The SMILES string of the molecule is COc1c(Br)cc(C)c(C2(C(C)N)CC2)c1O. The first-order valence-corrected chi connectivity index (χ1v) is 6.55. The molecule has 0 heterocycles. The highest BCUT2D eigenvalue weighted by atomic mass is 79.9. The van der Waals surface area contributed by atoms with E-state index < -0.39 is 0 Å². The van der Waals surface area contributed by atoms with Crippen LogP contribution in [0.2, 0.25) is 0 Å². The van der Waals surface area contributed by atoms with E-state index in [4.69, 9.17) is 10.5 Å². The Morgan fingerprint density at radius 2 is 2.12 bits per heavy atom. The van der Waals surface area contributed by atoms with Crippen molar-refractivity contribution in [3.05, 3.63) is 21.7 Å². The molecule has 1 aliphatic carbocycles. The van der Waals surface area contributed by atoms with Gasteiger partial charge in [0.25, 0.3) is 0 Å². The number of aryl methyl sites for hydroxylation is 1. The molecule has 3 nitrogen and oxygen atoms in total. The second-order valence-electron chi connectivity index (χ2n) is 4.88. The van der Waals surface area contributed by atoms with E-state index in [9.17, 15) is 5.11 Å². The number of hydrogen-bond acceptors (Lipinski definition) is 3. The summed E-state index contributed by atoms with van der Waals surface area (Å²) in [6.45, 7) is 4.00. The minimum absolute atomic E-state index is 0.0398. The van der Waals surface area contributed by atoms with Gasteiger partial charge < -0.3 is 15.6 Å². The van der Waals surface area contributed by atoms with E-state index in [1.54, 1.807) is 7.11 Å². The number of rotatable bonds is 3. The number of methoxy groups -OCH3 is 1. The van der Waals surface area contributed by atoms with Gasteiger partial charge in [-0.3, -0.25) is 0 Å². The van der Waals surface area contributed by atoms with Crippen LogP contribution in [-0.2, 0) is 5.41 Å². The van der Waals surface area contributed by atoms with E-state index >= 15 is 0 Å². The molecular formula is C13H18BrNO2. The van der Waals surface area contributed by atoms with Gasteiger partial charge in [-0.05, 0) is 54.2 Å². The maximum Gasteiger partial charge on any atom is 0.174 e. The number of halogens is 1. The Hall–Kier alpha value is -0.740. The van der Waals surface area contributed by atoms with Crippen molar-refractivity contribution in [2.45, 2.75) is 38.1 Å². The first-order valence-electron chi connectivity index (χ1n) is 5.76. The molecule has 0 saturated heterocycles. The summed E-state index contributed by atoms with van der Waals surface area (Å²) in [5, 5.41) is 10.4. The summed E-state index contributed by atoms with van der Waals surface area (Å²) in [4.78, 5) is 0. The van der Waals surface area contributed by atoms with Crippen LogP contribution in [0.3, 0.4) is 0 Å². The smallest absolute Gasteiger partial charge is 0.174 e. The van der Waals surface area contributed by atoms with Crippen LogP contribution < -0.4 is 10.5 Å².